The monoisotopic (exact) mass is 442 g/mol. The number of carbonyl (C=O) groups excluding carboxylic acids is 3. The summed E-state index contributed by atoms with van der Waals surface area (Å²) in [5.41, 5.74) is 1.39. The fraction of sp³-hybridized carbons (Fsp3) is 0.318. The third kappa shape index (κ3) is 7.08. The molecule has 32 heavy (non-hydrogen) atoms. The van der Waals surface area contributed by atoms with Gasteiger partial charge in [0.2, 0.25) is 0 Å². The maximum Gasteiger partial charge on any atom is 0.325 e. The summed E-state index contributed by atoms with van der Waals surface area (Å²) >= 11 is 0. The predicted molar refractivity (Wildman–Crippen MR) is 120 cm³/mol. The molecule has 0 aliphatic rings. The van der Waals surface area contributed by atoms with Crippen molar-refractivity contribution >= 4 is 34.8 Å². The molecule has 0 aliphatic heterocycles. The Morgan fingerprint density at radius 2 is 1.81 bits per heavy atom. The van der Waals surface area contributed by atoms with E-state index in [4.69, 9.17) is 4.74 Å². The molecule has 2 N–H and O–H groups in total. The van der Waals surface area contributed by atoms with Crippen LogP contribution in [0.25, 0.3) is 0 Å². The number of amides is 2. The van der Waals surface area contributed by atoms with E-state index in [1.807, 2.05) is 12.1 Å². The minimum absolute atomic E-state index is 0.0345. The van der Waals surface area contributed by atoms with Crippen LogP contribution in [0.2, 0.25) is 0 Å². The Bertz CT molecular complexity index is 975. The fourth-order valence-corrected chi connectivity index (χ4v) is 2.99. The van der Waals surface area contributed by atoms with Crippen molar-refractivity contribution in [2.45, 2.75) is 26.8 Å². The van der Waals surface area contributed by atoms with E-state index in [1.54, 1.807) is 12.1 Å². The highest BCUT2D eigenvalue weighted by atomic mass is 16.6. The highest BCUT2D eigenvalue weighted by molar-refractivity contribution is 5.97. The number of esters is 1. The van der Waals surface area contributed by atoms with Gasteiger partial charge in [0.25, 0.3) is 17.5 Å². The van der Waals surface area contributed by atoms with Gasteiger partial charge in [-0.15, -0.1) is 0 Å². The van der Waals surface area contributed by atoms with E-state index >= 15 is 0 Å². The van der Waals surface area contributed by atoms with E-state index < -0.39 is 35.9 Å². The van der Waals surface area contributed by atoms with Gasteiger partial charge in [-0.25, -0.2) is 0 Å². The summed E-state index contributed by atoms with van der Waals surface area (Å²) in [5.74, 6) is -2.00. The highest BCUT2D eigenvalue weighted by Gasteiger charge is 2.14. The molecule has 2 aromatic carbocycles. The number of hydrogen-bond donors (Lipinski definition) is 2. The lowest BCUT2D eigenvalue weighted by Gasteiger charge is -2.27. The first-order chi connectivity index (χ1) is 15.2. The average Bonchev–Trinajstić information content (AvgIpc) is 2.77. The summed E-state index contributed by atoms with van der Waals surface area (Å²) < 4.78 is 4.85. The molecule has 0 fully saturated rings. The van der Waals surface area contributed by atoms with Gasteiger partial charge in [-0.1, -0.05) is 6.07 Å². The van der Waals surface area contributed by atoms with Crippen LogP contribution in [0, 0.1) is 10.1 Å². The summed E-state index contributed by atoms with van der Waals surface area (Å²) in [6.07, 6.45) is 0. The minimum atomic E-state index is -0.815. The van der Waals surface area contributed by atoms with Gasteiger partial charge in [-0.3, -0.25) is 24.5 Å². The Kier molecular flexibility index (Phi) is 8.70. The second-order valence-electron chi connectivity index (χ2n) is 7.13. The van der Waals surface area contributed by atoms with Crippen molar-refractivity contribution in [1.82, 2.24) is 5.32 Å². The van der Waals surface area contributed by atoms with Crippen LogP contribution in [0.3, 0.4) is 0 Å². The molecule has 10 nitrogen and oxygen atoms in total. The molecule has 0 spiro atoms. The highest BCUT2D eigenvalue weighted by Crippen LogP contribution is 2.19. The lowest BCUT2D eigenvalue weighted by molar-refractivity contribution is -0.384. The molecule has 0 aliphatic carbocycles. The molecule has 170 valence electrons. The number of nitro groups is 1. The summed E-state index contributed by atoms with van der Waals surface area (Å²) in [5, 5.41) is 15.7. The van der Waals surface area contributed by atoms with Crippen LogP contribution in [0.4, 0.5) is 17.1 Å². The molecule has 0 unspecified atom stereocenters. The standard InChI is InChI=1S/C22H26N4O6/c1-4-25(15(2)3)18-10-8-17(9-11-18)24-20(27)14-32-21(28)13-23-22(29)16-6-5-7-19(12-16)26(30)31/h5-12,15H,4,13-14H2,1-3H3,(H,23,29)(H,24,27). The Morgan fingerprint density at radius 1 is 1.12 bits per heavy atom. The van der Waals surface area contributed by atoms with Crippen molar-refractivity contribution in [3.8, 4) is 0 Å². The van der Waals surface area contributed by atoms with Gasteiger partial charge in [0.15, 0.2) is 6.61 Å². The van der Waals surface area contributed by atoms with Crippen molar-refractivity contribution in [1.29, 1.82) is 0 Å². The van der Waals surface area contributed by atoms with E-state index in [0.29, 0.717) is 11.7 Å². The van der Waals surface area contributed by atoms with Crippen molar-refractivity contribution in [3.05, 3.63) is 64.2 Å². The van der Waals surface area contributed by atoms with E-state index in [9.17, 15) is 24.5 Å². The van der Waals surface area contributed by atoms with Crippen LogP contribution in [0.5, 0.6) is 0 Å². The first kappa shape index (κ1) is 24.3. The van der Waals surface area contributed by atoms with Crippen LogP contribution in [-0.2, 0) is 14.3 Å². The number of non-ortho nitro benzene ring substituents is 1. The lowest BCUT2D eigenvalue weighted by Crippen LogP contribution is -2.32. The number of nitro benzene ring substituents is 1. The maximum atomic E-state index is 12.0. The molecule has 0 saturated carbocycles. The van der Waals surface area contributed by atoms with Gasteiger partial charge in [0, 0.05) is 41.7 Å². The van der Waals surface area contributed by atoms with Gasteiger partial charge < -0.3 is 20.3 Å². The minimum Gasteiger partial charge on any atom is -0.454 e. The number of rotatable bonds is 10. The van der Waals surface area contributed by atoms with Crippen LogP contribution in [0.1, 0.15) is 31.1 Å². The van der Waals surface area contributed by atoms with Crippen molar-refractivity contribution in [2.75, 3.05) is 29.9 Å². The predicted octanol–water partition coefficient (Wildman–Crippen LogP) is 2.74. The van der Waals surface area contributed by atoms with E-state index in [-0.39, 0.29) is 11.3 Å². The summed E-state index contributed by atoms with van der Waals surface area (Å²) in [6.45, 7) is 6.12. The number of nitrogens with zero attached hydrogens (tertiary/aromatic N) is 2. The van der Waals surface area contributed by atoms with E-state index in [2.05, 4.69) is 36.3 Å². The third-order valence-corrected chi connectivity index (χ3v) is 4.52. The molecule has 2 amide bonds. The van der Waals surface area contributed by atoms with Gasteiger partial charge in [0.05, 0.1) is 4.92 Å². The second-order valence-corrected chi connectivity index (χ2v) is 7.13. The second kappa shape index (κ2) is 11.4. The zero-order valence-electron chi connectivity index (χ0n) is 18.2. The van der Waals surface area contributed by atoms with Crippen LogP contribution >= 0.6 is 0 Å². The molecule has 0 heterocycles. The number of carbonyl (C=O) groups is 3. The average molecular weight is 442 g/mol. The molecule has 0 bridgehead atoms. The number of nitrogens with one attached hydrogen (secondary N) is 2. The van der Waals surface area contributed by atoms with Crippen molar-refractivity contribution < 1.29 is 24.0 Å². The Labute approximate surface area is 185 Å². The number of hydrogen-bond acceptors (Lipinski definition) is 7. The van der Waals surface area contributed by atoms with Gasteiger partial charge in [-0.2, -0.15) is 0 Å². The molecular formula is C22H26N4O6. The smallest absolute Gasteiger partial charge is 0.325 e. The molecule has 0 aromatic heterocycles. The fourth-order valence-electron chi connectivity index (χ4n) is 2.99. The first-order valence-corrected chi connectivity index (χ1v) is 10.1. The number of ether oxygens (including phenoxy) is 1. The lowest BCUT2D eigenvalue weighted by atomic mass is 10.2. The van der Waals surface area contributed by atoms with Crippen molar-refractivity contribution in [3.63, 3.8) is 0 Å². The summed E-state index contributed by atoms with van der Waals surface area (Å²) in [7, 11) is 0. The zero-order valence-corrected chi connectivity index (χ0v) is 18.2. The number of anilines is 2. The van der Waals surface area contributed by atoms with Crippen molar-refractivity contribution in [2.24, 2.45) is 0 Å². The Hall–Kier alpha value is -3.95. The SMILES string of the molecule is CCN(c1ccc(NC(=O)COC(=O)CNC(=O)c2cccc([N+](=O)[O-])c2)cc1)C(C)C. The molecule has 0 radical (unpaired) electrons. The van der Waals surface area contributed by atoms with Gasteiger partial charge in [0.1, 0.15) is 6.54 Å². The van der Waals surface area contributed by atoms with Crippen LogP contribution in [0.15, 0.2) is 48.5 Å². The topological polar surface area (TPSA) is 131 Å². The molecule has 0 atom stereocenters. The van der Waals surface area contributed by atoms with Gasteiger partial charge >= 0.3 is 5.97 Å². The molecule has 2 aromatic rings. The van der Waals surface area contributed by atoms with E-state index in [1.165, 1.54) is 18.2 Å². The normalized spacial score (nSPS) is 10.4. The van der Waals surface area contributed by atoms with Crippen LogP contribution in [-0.4, -0.2) is 48.4 Å². The van der Waals surface area contributed by atoms with Crippen LogP contribution < -0.4 is 15.5 Å². The molecule has 10 heteroatoms. The maximum absolute atomic E-state index is 12.0. The molecule has 0 saturated heterocycles. The molecular weight excluding hydrogens is 416 g/mol. The number of benzene rings is 2. The Balaban J connectivity index is 1.78. The quantitative estimate of drug-likeness (QED) is 0.329. The van der Waals surface area contributed by atoms with E-state index in [0.717, 1.165) is 18.3 Å². The largest absolute Gasteiger partial charge is 0.454 e. The molecule has 2 rings (SSSR count). The van der Waals surface area contributed by atoms with Gasteiger partial charge in [-0.05, 0) is 51.1 Å². The summed E-state index contributed by atoms with van der Waals surface area (Å²) in [4.78, 5) is 48.2. The Morgan fingerprint density at radius 3 is 2.41 bits per heavy atom. The third-order valence-electron chi connectivity index (χ3n) is 4.52. The first-order valence-electron chi connectivity index (χ1n) is 10.1. The summed E-state index contributed by atoms with van der Waals surface area (Å²) in [6, 6.07) is 12.8. The zero-order chi connectivity index (χ0) is 23.7.